The second-order valence-electron chi connectivity index (χ2n) is 6.19. The van der Waals surface area contributed by atoms with E-state index >= 15 is 0 Å². The van der Waals surface area contributed by atoms with Crippen molar-refractivity contribution in [3.8, 4) is 0 Å². The van der Waals surface area contributed by atoms with Crippen LogP contribution < -0.4 is 5.43 Å². The molecule has 0 bridgehead atoms. The van der Waals surface area contributed by atoms with Gasteiger partial charge in [-0.3, -0.25) is 4.79 Å². The number of hydrazone groups is 1. The lowest BCUT2D eigenvalue weighted by atomic mass is 10.2. The number of amides is 1. The highest BCUT2D eigenvalue weighted by Gasteiger charge is 2.27. The highest BCUT2D eigenvalue weighted by Crippen LogP contribution is 2.21. The molecule has 1 amide bonds. The lowest BCUT2D eigenvalue weighted by molar-refractivity contribution is 0.0954. The third-order valence-electron chi connectivity index (χ3n) is 4.22. The van der Waals surface area contributed by atoms with Gasteiger partial charge < -0.3 is 4.42 Å². The zero-order chi connectivity index (χ0) is 18.7. The van der Waals surface area contributed by atoms with Crippen molar-refractivity contribution >= 4 is 21.6 Å². The van der Waals surface area contributed by atoms with Crippen LogP contribution in [-0.2, 0) is 10.0 Å². The normalized spacial score (nSPS) is 16.0. The van der Waals surface area contributed by atoms with Gasteiger partial charge in [0.1, 0.15) is 17.2 Å². The van der Waals surface area contributed by atoms with Crippen molar-refractivity contribution in [2.24, 2.45) is 5.10 Å². The van der Waals surface area contributed by atoms with Crippen molar-refractivity contribution in [1.82, 2.24) is 9.73 Å². The summed E-state index contributed by atoms with van der Waals surface area (Å²) in [5, 5.41) is 4.02. The maximum absolute atomic E-state index is 12.6. The first-order valence-electron chi connectivity index (χ1n) is 8.39. The highest BCUT2D eigenvalue weighted by molar-refractivity contribution is 7.89. The van der Waals surface area contributed by atoms with Crippen LogP contribution in [0, 0.1) is 6.92 Å². The average molecular weight is 375 g/mol. The Morgan fingerprint density at radius 1 is 1.19 bits per heavy atom. The molecule has 1 aromatic carbocycles. The molecule has 1 saturated heterocycles. The Balaban J connectivity index is 1.76. The third kappa shape index (κ3) is 3.86. The number of benzene rings is 1. The van der Waals surface area contributed by atoms with Crippen LogP contribution in [0.4, 0.5) is 0 Å². The molecule has 0 saturated carbocycles. The Labute approximate surface area is 152 Å². The molecule has 138 valence electrons. The fourth-order valence-electron chi connectivity index (χ4n) is 2.76. The first-order valence-corrected chi connectivity index (χ1v) is 9.83. The van der Waals surface area contributed by atoms with Crippen LogP contribution in [0.25, 0.3) is 0 Å². The molecule has 0 aliphatic carbocycles. The Kier molecular flexibility index (Phi) is 5.24. The molecule has 1 N–H and O–H groups in total. The predicted molar refractivity (Wildman–Crippen MR) is 97.6 cm³/mol. The Morgan fingerprint density at radius 2 is 1.92 bits per heavy atom. The molecular weight excluding hydrogens is 354 g/mol. The smallest absolute Gasteiger partial charge is 0.271 e. The summed E-state index contributed by atoms with van der Waals surface area (Å²) in [6.07, 6.45) is 1.72. The van der Waals surface area contributed by atoms with Gasteiger partial charge in [0.2, 0.25) is 10.0 Å². The maximum atomic E-state index is 12.6. The molecule has 1 aliphatic heterocycles. The van der Waals surface area contributed by atoms with Gasteiger partial charge >= 0.3 is 0 Å². The first-order chi connectivity index (χ1) is 12.4. The van der Waals surface area contributed by atoms with Crippen molar-refractivity contribution in [2.75, 3.05) is 13.1 Å². The first kappa shape index (κ1) is 18.3. The lowest BCUT2D eigenvalue weighted by Gasteiger charge is -2.15. The Morgan fingerprint density at radius 3 is 2.58 bits per heavy atom. The van der Waals surface area contributed by atoms with E-state index in [9.17, 15) is 13.2 Å². The summed E-state index contributed by atoms with van der Waals surface area (Å²) in [5.74, 6) is 0.833. The standard InChI is InChI=1S/C18H21N3O4S/c1-13-8-9-17(25-13)14(2)19-20-18(22)15-6-5-7-16(12-15)26(23,24)21-10-3-4-11-21/h5-9,12H,3-4,10-11H2,1-2H3,(H,20,22)/b19-14-. The summed E-state index contributed by atoms with van der Waals surface area (Å²) in [7, 11) is -3.56. The van der Waals surface area contributed by atoms with E-state index in [1.807, 2.05) is 13.0 Å². The minimum atomic E-state index is -3.56. The van der Waals surface area contributed by atoms with Crippen molar-refractivity contribution in [3.05, 3.63) is 53.5 Å². The molecule has 1 fully saturated rings. The molecule has 0 spiro atoms. The minimum Gasteiger partial charge on any atom is -0.460 e. The van der Waals surface area contributed by atoms with E-state index in [0.717, 1.165) is 18.6 Å². The Bertz CT molecular complexity index is 941. The zero-order valence-corrected chi connectivity index (χ0v) is 15.5. The van der Waals surface area contributed by atoms with Gasteiger partial charge in [-0.15, -0.1) is 0 Å². The van der Waals surface area contributed by atoms with E-state index in [1.165, 1.54) is 16.4 Å². The minimum absolute atomic E-state index is 0.120. The molecule has 1 aliphatic rings. The molecule has 3 rings (SSSR count). The molecule has 0 radical (unpaired) electrons. The third-order valence-corrected chi connectivity index (χ3v) is 6.12. The molecular formula is C18H21N3O4S. The van der Waals surface area contributed by atoms with E-state index in [1.54, 1.807) is 25.1 Å². The van der Waals surface area contributed by atoms with Gasteiger partial charge in [0.25, 0.3) is 5.91 Å². The van der Waals surface area contributed by atoms with Gasteiger partial charge in [0.15, 0.2) is 0 Å². The summed E-state index contributed by atoms with van der Waals surface area (Å²) in [4.78, 5) is 12.4. The largest absolute Gasteiger partial charge is 0.460 e. The monoisotopic (exact) mass is 375 g/mol. The van der Waals surface area contributed by atoms with Crippen molar-refractivity contribution in [1.29, 1.82) is 0 Å². The zero-order valence-electron chi connectivity index (χ0n) is 14.7. The van der Waals surface area contributed by atoms with Crippen LogP contribution in [-0.4, -0.2) is 37.4 Å². The number of hydrogen-bond acceptors (Lipinski definition) is 5. The highest BCUT2D eigenvalue weighted by atomic mass is 32.2. The van der Waals surface area contributed by atoms with E-state index < -0.39 is 15.9 Å². The lowest BCUT2D eigenvalue weighted by Crippen LogP contribution is -2.28. The van der Waals surface area contributed by atoms with Gasteiger partial charge in [0, 0.05) is 18.7 Å². The number of hydrogen-bond donors (Lipinski definition) is 1. The summed E-state index contributed by atoms with van der Waals surface area (Å²) < 4.78 is 32.1. The average Bonchev–Trinajstić information content (AvgIpc) is 3.31. The molecule has 2 aromatic rings. The number of furan rings is 1. The Hall–Kier alpha value is -2.45. The summed E-state index contributed by atoms with van der Waals surface area (Å²) >= 11 is 0. The quantitative estimate of drug-likeness (QED) is 0.642. The predicted octanol–water partition coefficient (Wildman–Crippen LogP) is 2.53. The molecule has 7 nitrogen and oxygen atoms in total. The van der Waals surface area contributed by atoms with Gasteiger partial charge in [-0.2, -0.15) is 9.41 Å². The topological polar surface area (TPSA) is 92.0 Å². The van der Waals surface area contributed by atoms with E-state index in [4.69, 9.17) is 4.42 Å². The van der Waals surface area contributed by atoms with Crippen LogP contribution in [0.15, 0.2) is 50.8 Å². The number of nitrogens with one attached hydrogen (secondary N) is 1. The van der Waals surface area contributed by atoms with E-state index in [0.29, 0.717) is 24.6 Å². The van der Waals surface area contributed by atoms with Crippen LogP contribution in [0.2, 0.25) is 0 Å². The molecule has 26 heavy (non-hydrogen) atoms. The number of nitrogens with zero attached hydrogens (tertiary/aromatic N) is 2. The molecule has 0 unspecified atom stereocenters. The van der Waals surface area contributed by atoms with Crippen LogP contribution in [0.5, 0.6) is 0 Å². The van der Waals surface area contributed by atoms with Crippen molar-refractivity contribution in [3.63, 3.8) is 0 Å². The van der Waals surface area contributed by atoms with Crippen molar-refractivity contribution in [2.45, 2.75) is 31.6 Å². The van der Waals surface area contributed by atoms with Crippen molar-refractivity contribution < 1.29 is 17.6 Å². The van der Waals surface area contributed by atoms with Gasteiger partial charge in [-0.05, 0) is 57.0 Å². The summed E-state index contributed by atoms with van der Waals surface area (Å²) in [5.41, 5.74) is 3.19. The SMILES string of the molecule is C/C(=N/NC(=O)c1cccc(S(=O)(=O)N2CCCC2)c1)c1ccc(C)o1. The van der Waals surface area contributed by atoms with E-state index in [2.05, 4.69) is 10.5 Å². The van der Waals surface area contributed by atoms with Crippen LogP contribution in [0.1, 0.15) is 41.6 Å². The molecule has 0 atom stereocenters. The second-order valence-corrected chi connectivity index (χ2v) is 8.13. The molecule has 8 heteroatoms. The number of carbonyl (C=O) groups is 1. The fraction of sp³-hybridized carbons (Fsp3) is 0.333. The number of sulfonamides is 1. The number of aryl methyl sites for hydroxylation is 1. The molecule has 1 aromatic heterocycles. The molecule has 2 heterocycles. The van der Waals surface area contributed by atoms with Crippen LogP contribution >= 0.6 is 0 Å². The summed E-state index contributed by atoms with van der Waals surface area (Å²) in [6.45, 7) is 4.57. The van der Waals surface area contributed by atoms with Crippen LogP contribution in [0.3, 0.4) is 0 Å². The fourth-order valence-corrected chi connectivity index (χ4v) is 4.32. The van der Waals surface area contributed by atoms with Gasteiger partial charge in [-0.25, -0.2) is 13.8 Å². The van der Waals surface area contributed by atoms with Gasteiger partial charge in [0.05, 0.1) is 4.90 Å². The number of carbonyl (C=O) groups excluding carboxylic acids is 1. The van der Waals surface area contributed by atoms with E-state index in [-0.39, 0.29) is 10.5 Å². The summed E-state index contributed by atoms with van der Waals surface area (Å²) in [6, 6.07) is 9.58. The number of rotatable bonds is 5. The second kappa shape index (κ2) is 7.43. The maximum Gasteiger partial charge on any atom is 0.271 e. The van der Waals surface area contributed by atoms with Gasteiger partial charge in [-0.1, -0.05) is 6.07 Å².